The summed E-state index contributed by atoms with van der Waals surface area (Å²) < 4.78 is 1.09. The highest BCUT2D eigenvalue weighted by Gasteiger charge is 2.09. The average molecular weight is 297 g/mol. The van der Waals surface area contributed by atoms with Crippen LogP contribution in [0.25, 0.3) is 10.6 Å². The molecule has 1 aromatic heterocycles. The first-order valence-corrected chi connectivity index (χ1v) is 6.74. The Labute approximate surface area is 108 Å². The maximum atomic E-state index is 5.54. The van der Waals surface area contributed by atoms with E-state index in [1.165, 1.54) is 11.1 Å². The minimum Gasteiger partial charge on any atom is -0.330 e. The highest BCUT2D eigenvalue weighted by molar-refractivity contribution is 9.11. The molecule has 84 valence electrons. The molecule has 0 aliphatic heterocycles. The lowest BCUT2D eigenvalue weighted by Gasteiger charge is -1.96. The van der Waals surface area contributed by atoms with Crippen LogP contribution >= 0.6 is 27.3 Å². The molecule has 0 radical (unpaired) electrons. The van der Waals surface area contributed by atoms with Crippen LogP contribution in [0.3, 0.4) is 0 Å². The summed E-state index contributed by atoms with van der Waals surface area (Å²) in [6.45, 7) is 2.72. The van der Waals surface area contributed by atoms with Crippen molar-refractivity contribution in [3.63, 3.8) is 0 Å². The number of nitrogens with zero attached hydrogens (tertiary/aromatic N) is 1. The molecule has 16 heavy (non-hydrogen) atoms. The van der Waals surface area contributed by atoms with Gasteiger partial charge in [0.25, 0.3) is 0 Å². The molecule has 2 nitrogen and oxygen atoms in total. The van der Waals surface area contributed by atoms with Gasteiger partial charge in [0.05, 0.1) is 9.48 Å². The minimum absolute atomic E-state index is 0.635. The molecule has 0 amide bonds. The molecule has 1 aromatic carbocycles. The Bertz CT molecular complexity index is 476. The van der Waals surface area contributed by atoms with E-state index in [2.05, 4.69) is 52.1 Å². The van der Waals surface area contributed by atoms with E-state index in [4.69, 9.17) is 5.73 Å². The quantitative estimate of drug-likeness (QED) is 0.943. The van der Waals surface area contributed by atoms with Gasteiger partial charge in [-0.05, 0) is 29.4 Å². The maximum absolute atomic E-state index is 5.54. The Morgan fingerprint density at radius 3 is 2.62 bits per heavy atom. The van der Waals surface area contributed by atoms with Crippen LogP contribution in [-0.2, 0) is 6.42 Å². The first-order valence-electron chi connectivity index (χ1n) is 5.13. The number of rotatable bonds is 3. The van der Waals surface area contributed by atoms with Crippen molar-refractivity contribution in [2.45, 2.75) is 13.3 Å². The van der Waals surface area contributed by atoms with Gasteiger partial charge in [-0.3, -0.25) is 0 Å². The summed E-state index contributed by atoms with van der Waals surface area (Å²) in [4.78, 5) is 4.59. The molecule has 1 heterocycles. The first kappa shape index (κ1) is 11.8. The van der Waals surface area contributed by atoms with Gasteiger partial charge in [-0.1, -0.05) is 29.8 Å². The van der Waals surface area contributed by atoms with Crippen LogP contribution in [0.15, 0.2) is 28.1 Å². The molecule has 0 saturated heterocycles. The van der Waals surface area contributed by atoms with Crippen LogP contribution < -0.4 is 5.73 Å². The van der Waals surface area contributed by atoms with E-state index in [-0.39, 0.29) is 0 Å². The van der Waals surface area contributed by atoms with Gasteiger partial charge in [0.15, 0.2) is 0 Å². The molecule has 0 aliphatic rings. The van der Waals surface area contributed by atoms with E-state index in [0.717, 1.165) is 20.9 Å². The second kappa shape index (κ2) is 5.08. The fraction of sp³-hybridized carbons (Fsp3) is 0.250. The number of nitrogens with two attached hydrogens (primary N) is 1. The third kappa shape index (κ3) is 2.51. The van der Waals surface area contributed by atoms with Gasteiger partial charge < -0.3 is 5.73 Å². The summed E-state index contributed by atoms with van der Waals surface area (Å²) in [5.74, 6) is 0. The van der Waals surface area contributed by atoms with Crippen molar-refractivity contribution in [1.29, 1.82) is 0 Å². The van der Waals surface area contributed by atoms with Gasteiger partial charge in [0.2, 0.25) is 0 Å². The topological polar surface area (TPSA) is 38.9 Å². The van der Waals surface area contributed by atoms with Crippen LogP contribution in [-0.4, -0.2) is 11.5 Å². The molecule has 2 N–H and O–H groups in total. The Kier molecular flexibility index (Phi) is 3.74. The lowest BCUT2D eigenvalue weighted by atomic mass is 10.2. The summed E-state index contributed by atoms with van der Waals surface area (Å²) in [6, 6.07) is 8.42. The fourth-order valence-corrected chi connectivity index (χ4v) is 3.04. The minimum atomic E-state index is 0.635. The summed E-state index contributed by atoms with van der Waals surface area (Å²) in [6.07, 6.45) is 0.822. The zero-order valence-electron chi connectivity index (χ0n) is 9.03. The second-order valence-corrected chi connectivity index (χ2v) is 5.96. The highest BCUT2D eigenvalue weighted by Crippen LogP contribution is 2.32. The van der Waals surface area contributed by atoms with E-state index in [1.54, 1.807) is 11.3 Å². The number of thiazole rings is 1. The molecular formula is C12H13BrN2S. The van der Waals surface area contributed by atoms with Crippen LogP contribution in [0.5, 0.6) is 0 Å². The van der Waals surface area contributed by atoms with Gasteiger partial charge >= 0.3 is 0 Å². The Morgan fingerprint density at radius 1 is 1.31 bits per heavy atom. The third-order valence-corrected chi connectivity index (χ3v) is 4.21. The summed E-state index contributed by atoms with van der Waals surface area (Å²) >= 11 is 5.19. The first-order chi connectivity index (χ1) is 7.70. The van der Waals surface area contributed by atoms with Crippen LogP contribution in [0.2, 0.25) is 0 Å². The fourth-order valence-electron chi connectivity index (χ4n) is 1.44. The number of hydrogen-bond acceptors (Lipinski definition) is 3. The highest BCUT2D eigenvalue weighted by atomic mass is 79.9. The van der Waals surface area contributed by atoms with E-state index >= 15 is 0 Å². The molecule has 0 spiro atoms. The van der Waals surface area contributed by atoms with Crippen molar-refractivity contribution in [2.75, 3.05) is 6.54 Å². The van der Waals surface area contributed by atoms with Gasteiger partial charge in [0, 0.05) is 12.0 Å². The van der Waals surface area contributed by atoms with E-state index in [0.29, 0.717) is 6.54 Å². The Hall–Kier alpha value is -0.710. The number of benzene rings is 1. The summed E-state index contributed by atoms with van der Waals surface area (Å²) in [7, 11) is 0. The van der Waals surface area contributed by atoms with E-state index < -0.39 is 0 Å². The molecule has 0 bridgehead atoms. The van der Waals surface area contributed by atoms with Crippen molar-refractivity contribution in [3.05, 3.63) is 39.3 Å². The van der Waals surface area contributed by atoms with E-state index in [1.807, 2.05) is 0 Å². The van der Waals surface area contributed by atoms with Gasteiger partial charge in [-0.15, -0.1) is 11.3 Å². The zero-order valence-corrected chi connectivity index (χ0v) is 11.4. The number of aromatic nitrogens is 1. The van der Waals surface area contributed by atoms with Gasteiger partial charge in [-0.25, -0.2) is 4.98 Å². The molecule has 0 fully saturated rings. The summed E-state index contributed by atoms with van der Waals surface area (Å²) in [5.41, 5.74) is 9.03. The van der Waals surface area contributed by atoms with Crippen molar-refractivity contribution in [1.82, 2.24) is 4.98 Å². The van der Waals surface area contributed by atoms with Crippen molar-refractivity contribution in [2.24, 2.45) is 5.73 Å². The molecule has 0 saturated carbocycles. The lowest BCUT2D eigenvalue weighted by Crippen LogP contribution is -2.03. The van der Waals surface area contributed by atoms with Crippen molar-refractivity contribution in [3.8, 4) is 10.6 Å². The molecule has 0 atom stereocenters. The number of halogens is 1. The average Bonchev–Trinajstić information content (AvgIpc) is 2.62. The molecule has 2 aromatic rings. The molecule has 4 heteroatoms. The molecule has 2 rings (SSSR count). The zero-order chi connectivity index (χ0) is 11.5. The lowest BCUT2D eigenvalue weighted by molar-refractivity contribution is 0.931. The van der Waals surface area contributed by atoms with Crippen LogP contribution in [0.4, 0.5) is 0 Å². The standard InChI is InChI=1S/C12H13BrN2S/c1-8-2-4-9(5-3-8)12-15-10(6-7-14)11(13)16-12/h2-5H,6-7,14H2,1H3. The number of hydrogen-bond donors (Lipinski definition) is 1. The predicted molar refractivity (Wildman–Crippen MR) is 72.7 cm³/mol. The SMILES string of the molecule is Cc1ccc(-c2nc(CCN)c(Br)s2)cc1. The van der Waals surface area contributed by atoms with Gasteiger partial charge in [0.1, 0.15) is 5.01 Å². The maximum Gasteiger partial charge on any atom is 0.124 e. The van der Waals surface area contributed by atoms with Gasteiger partial charge in [-0.2, -0.15) is 0 Å². The second-order valence-electron chi connectivity index (χ2n) is 3.64. The van der Waals surface area contributed by atoms with Crippen LogP contribution in [0, 0.1) is 6.92 Å². The van der Waals surface area contributed by atoms with E-state index in [9.17, 15) is 0 Å². The summed E-state index contributed by atoms with van der Waals surface area (Å²) in [5, 5.41) is 1.05. The monoisotopic (exact) mass is 296 g/mol. The third-order valence-electron chi connectivity index (χ3n) is 2.33. The van der Waals surface area contributed by atoms with Crippen molar-refractivity contribution < 1.29 is 0 Å². The molecular weight excluding hydrogens is 284 g/mol. The van der Waals surface area contributed by atoms with Crippen LogP contribution in [0.1, 0.15) is 11.3 Å². The Balaban J connectivity index is 2.33. The predicted octanol–water partition coefficient (Wildman–Crippen LogP) is 3.38. The smallest absolute Gasteiger partial charge is 0.124 e. The normalized spacial score (nSPS) is 10.7. The van der Waals surface area contributed by atoms with Crippen molar-refractivity contribution >= 4 is 27.3 Å². The Morgan fingerprint density at radius 2 is 2.00 bits per heavy atom. The largest absolute Gasteiger partial charge is 0.330 e. The molecule has 0 aliphatic carbocycles. The number of aryl methyl sites for hydroxylation is 1. The molecule has 0 unspecified atom stereocenters.